The van der Waals surface area contributed by atoms with Crippen molar-refractivity contribution >= 4 is 6.03 Å². The molecule has 0 bridgehead atoms. The standard InChI is InChI=1S/C19H22N4O2/c1-2-22(12-17-8-9-25-15-17)19(24)20-10-18-11-21-23(14-18)13-16-6-4-3-5-7-16/h3-9,11,14-15H,2,10,12-13H2,1H3,(H,20,24). The molecule has 6 nitrogen and oxygen atoms in total. The molecule has 2 aromatic heterocycles. The summed E-state index contributed by atoms with van der Waals surface area (Å²) >= 11 is 0. The van der Waals surface area contributed by atoms with E-state index in [9.17, 15) is 4.79 Å². The van der Waals surface area contributed by atoms with Gasteiger partial charge in [-0.3, -0.25) is 4.68 Å². The van der Waals surface area contributed by atoms with Gasteiger partial charge in [0.1, 0.15) is 0 Å². The number of nitrogens with one attached hydrogen (secondary N) is 1. The number of hydrogen-bond donors (Lipinski definition) is 1. The molecule has 0 aliphatic carbocycles. The molecular formula is C19H22N4O2. The summed E-state index contributed by atoms with van der Waals surface area (Å²) < 4.78 is 6.93. The molecule has 0 fully saturated rings. The second kappa shape index (κ2) is 8.19. The molecule has 0 saturated carbocycles. The van der Waals surface area contributed by atoms with Crippen LogP contribution in [-0.4, -0.2) is 27.3 Å². The second-order valence-electron chi connectivity index (χ2n) is 5.84. The average Bonchev–Trinajstić information content (AvgIpc) is 3.30. The number of carbonyl (C=O) groups excluding carboxylic acids is 1. The Labute approximate surface area is 147 Å². The van der Waals surface area contributed by atoms with E-state index in [-0.39, 0.29) is 6.03 Å². The molecule has 3 aromatic rings. The monoisotopic (exact) mass is 338 g/mol. The molecule has 3 rings (SSSR count). The molecule has 2 amide bonds. The summed E-state index contributed by atoms with van der Waals surface area (Å²) in [6.45, 7) is 4.29. The summed E-state index contributed by atoms with van der Waals surface area (Å²) in [4.78, 5) is 14.1. The topological polar surface area (TPSA) is 63.3 Å². The first kappa shape index (κ1) is 16.8. The van der Waals surface area contributed by atoms with Crippen molar-refractivity contribution in [2.24, 2.45) is 0 Å². The Morgan fingerprint density at radius 3 is 2.76 bits per heavy atom. The van der Waals surface area contributed by atoms with Crippen LogP contribution in [0.25, 0.3) is 0 Å². The quantitative estimate of drug-likeness (QED) is 0.719. The highest BCUT2D eigenvalue weighted by Crippen LogP contribution is 2.07. The Balaban J connectivity index is 1.51. The number of carbonyl (C=O) groups is 1. The molecule has 0 aliphatic rings. The minimum Gasteiger partial charge on any atom is -0.472 e. The van der Waals surface area contributed by atoms with E-state index in [0.717, 1.165) is 17.7 Å². The van der Waals surface area contributed by atoms with Crippen LogP contribution in [0.5, 0.6) is 0 Å². The summed E-state index contributed by atoms with van der Waals surface area (Å²) in [5.74, 6) is 0. The van der Waals surface area contributed by atoms with Gasteiger partial charge in [-0.05, 0) is 18.6 Å². The maximum Gasteiger partial charge on any atom is 0.317 e. The van der Waals surface area contributed by atoms with Gasteiger partial charge in [0.15, 0.2) is 0 Å². The number of nitrogens with zero attached hydrogens (tertiary/aromatic N) is 3. The summed E-state index contributed by atoms with van der Waals surface area (Å²) in [7, 11) is 0. The fraction of sp³-hybridized carbons (Fsp3) is 0.263. The van der Waals surface area contributed by atoms with Gasteiger partial charge in [0, 0.05) is 30.4 Å². The molecule has 2 heterocycles. The average molecular weight is 338 g/mol. The molecule has 0 saturated heterocycles. The minimum atomic E-state index is -0.0977. The molecule has 0 atom stereocenters. The van der Waals surface area contributed by atoms with Crippen molar-refractivity contribution in [2.45, 2.75) is 26.6 Å². The van der Waals surface area contributed by atoms with Gasteiger partial charge in [0.05, 0.1) is 31.8 Å². The van der Waals surface area contributed by atoms with Crippen LogP contribution in [0.2, 0.25) is 0 Å². The smallest absolute Gasteiger partial charge is 0.317 e. The van der Waals surface area contributed by atoms with Crippen molar-refractivity contribution in [1.29, 1.82) is 0 Å². The number of rotatable bonds is 7. The number of benzene rings is 1. The molecular weight excluding hydrogens is 316 g/mol. The fourth-order valence-electron chi connectivity index (χ4n) is 2.57. The minimum absolute atomic E-state index is 0.0977. The fourth-order valence-corrected chi connectivity index (χ4v) is 2.57. The molecule has 0 aliphatic heterocycles. The van der Waals surface area contributed by atoms with E-state index in [1.165, 1.54) is 5.56 Å². The number of aromatic nitrogens is 2. The highest BCUT2D eigenvalue weighted by molar-refractivity contribution is 5.74. The van der Waals surface area contributed by atoms with E-state index < -0.39 is 0 Å². The first-order valence-electron chi connectivity index (χ1n) is 8.33. The Bertz CT molecular complexity index is 781. The maximum absolute atomic E-state index is 12.3. The van der Waals surface area contributed by atoms with Gasteiger partial charge in [-0.1, -0.05) is 30.3 Å². The van der Waals surface area contributed by atoms with Crippen molar-refractivity contribution in [3.8, 4) is 0 Å². The second-order valence-corrected chi connectivity index (χ2v) is 5.84. The van der Waals surface area contributed by atoms with Crippen LogP contribution < -0.4 is 5.32 Å². The van der Waals surface area contributed by atoms with Gasteiger partial charge in [0.2, 0.25) is 0 Å². The third-order valence-electron chi connectivity index (χ3n) is 3.94. The van der Waals surface area contributed by atoms with Crippen molar-refractivity contribution < 1.29 is 9.21 Å². The molecule has 0 spiro atoms. The predicted octanol–water partition coefficient (Wildman–Crippen LogP) is 3.26. The van der Waals surface area contributed by atoms with Crippen molar-refractivity contribution in [2.75, 3.05) is 6.54 Å². The zero-order valence-electron chi connectivity index (χ0n) is 14.3. The van der Waals surface area contributed by atoms with E-state index in [0.29, 0.717) is 19.6 Å². The van der Waals surface area contributed by atoms with Gasteiger partial charge in [0.25, 0.3) is 0 Å². The molecule has 1 N–H and O–H groups in total. The summed E-state index contributed by atoms with van der Waals surface area (Å²) in [5, 5.41) is 7.30. The molecule has 6 heteroatoms. The van der Waals surface area contributed by atoms with Crippen LogP contribution in [0.15, 0.2) is 65.7 Å². The number of furan rings is 1. The summed E-state index contributed by atoms with van der Waals surface area (Å²) in [5.41, 5.74) is 3.15. The van der Waals surface area contributed by atoms with Crippen LogP contribution in [0.4, 0.5) is 4.79 Å². The van der Waals surface area contributed by atoms with Crippen LogP contribution in [0.1, 0.15) is 23.6 Å². The maximum atomic E-state index is 12.3. The zero-order valence-corrected chi connectivity index (χ0v) is 14.3. The van der Waals surface area contributed by atoms with Crippen LogP contribution in [0, 0.1) is 0 Å². The van der Waals surface area contributed by atoms with E-state index in [1.54, 1.807) is 23.6 Å². The Kier molecular flexibility index (Phi) is 5.51. The highest BCUT2D eigenvalue weighted by atomic mass is 16.3. The predicted molar refractivity (Wildman–Crippen MR) is 94.8 cm³/mol. The number of urea groups is 1. The Morgan fingerprint density at radius 1 is 1.20 bits per heavy atom. The van der Waals surface area contributed by atoms with Gasteiger partial charge >= 0.3 is 6.03 Å². The first-order chi connectivity index (χ1) is 12.2. The van der Waals surface area contributed by atoms with E-state index in [4.69, 9.17) is 4.42 Å². The van der Waals surface area contributed by atoms with Gasteiger partial charge < -0.3 is 14.6 Å². The summed E-state index contributed by atoms with van der Waals surface area (Å²) in [6, 6.07) is 11.9. The van der Waals surface area contributed by atoms with Crippen LogP contribution in [0.3, 0.4) is 0 Å². The first-order valence-corrected chi connectivity index (χ1v) is 8.33. The van der Waals surface area contributed by atoms with Crippen molar-refractivity contribution in [3.63, 3.8) is 0 Å². The molecule has 0 radical (unpaired) electrons. The van der Waals surface area contributed by atoms with Crippen LogP contribution >= 0.6 is 0 Å². The van der Waals surface area contributed by atoms with Gasteiger partial charge in [-0.25, -0.2) is 4.79 Å². The Hall–Kier alpha value is -3.02. The lowest BCUT2D eigenvalue weighted by Gasteiger charge is -2.20. The SMILES string of the molecule is CCN(Cc1ccoc1)C(=O)NCc1cnn(Cc2ccccc2)c1. The molecule has 25 heavy (non-hydrogen) atoms. The zero-order chi connectivity index (χ0) is 17.5. The third kappa shape index (κ3) is 4.73. The van der Waals surface area contributed by atoms with Gasteiger partial charge in [-0.2, -0.15) is 5.10 Å². The highest BCUT2D eigenvalue weighted by Gasteiger charge is 2.12. The number of hydrogen-bond acceptors (Lipinski definition) is 3. The molecule has 1 aromatic carbocycles. The van der Waals surface area contributed by atoms with Gasteiger partial charge in [-0.15, -0.1) is 0 Å². The molecule has 0 unspecified atom stereocenters. The lowest BCUT2D eigenvalue weighted by molar-refractivity contribution is 0.197. The van der Waals surface area contributed by atoms with E-state index >= 15 is 0 Å². The number of amides is 2. The van der Waals surface area contributed by atoms with E-state index in [1.807, 2.05) is 42.1 Å². The van der Waals surface area contributed by atoms with Crippen molar-refractivity contribution in [1.82, 2.24) is 20.0 Å². The lowest BCUT2D eigenvalue weighted by atomic mass is 10.2. The normalized spacial score (nSPS) is 10.6. The molecule has 130 valence electrons. The van der Waals surface area contributed by atoms with E-state index in [2.05, 4.69) is 22.5 Å². The Morgan fingerprint density at radius 2 is 2.04 bits per heavy atom. The lowest BCUT2D eigenvalue weighted by Crippen LogP contribution is -2.38. The van der Waals surface area contributed by atoms with Crippen molar-refractivity contribution in [3.05, 3.63) is 78.0 Å². The summed E-state index contributed by atoms with van der Waals surface area (Å²) in [6.07, 6.45) is 7.01. The largest absolute Gasteiger partial charge is 0.472 e. The van der Waals surface area contributed by atoms with Crippen LogP contribution in [-0.2, 0) is 19.6 Å². The third-order valence-corrected chi connectivity index (χ3v) is 3.94.